The molecule has 2 aromatic heterocycles. The number of nitrogens with one attached hydrogen (secondary N) is 1. The molecule has 0 spiro atoms. The number of piperazine rings is 1. The number of thiazole rings is 1. The molecule has 1 N–H and O–H groups in total. The SMILES string of the molecule is COC(=O)c1ccc(S(=O)(=O)N2CCN(C(CNc3nccs3)C(=O)C3CCCCC3)C(=O)C2)o1. The number of hydrogen-bond donors (Lipinski definition) is 1. The van der Waals surface area contributed by atoms with Gasteiger partial charge in [0.15, 0.2) is 10.9 Å². The Labute approximate surface area is 207 Å². The number of Topliss-reactive ketones (excluding diaryl/α,β-unsaturated/α-hetero) is 1. The van der Waals surface area contributed by atoms with Crippen LogP contribution in [-0.4, -0.2) is 79.6 Å². The van der Waals surface area contributed by atoms with Crippen molar-refractivity contribution in [3.63, 3.8) is 0 Å². The summed E-state index contributed by atoms with van der Waals surface area (Å²) in [6.45, 7) is -0.163. The fourth-order valence-electron chi connectivity index (χ4n) is 4.51. The fourth-order valence-corrected chi connectivity index (χ4v) is 6.35. The highest BCUT2D eigenvalue weighted by Gasteiger charge is 2.40. The highest BCUT2D eigenvalue weighted by molar-refractivity contribution is 7.89. The lowest BCUT2D eigenvalue weighted by Gasteiger charge is -2.39. The van der Waals surface area contributed by atoms with Crippen molar-refractivity contribution < 1.29 is 32.0 Å². The molecule has 3 heterocycles. The van der Waals surface area contributed by atoms with Gasteiger partial charge in [-0.3, -0.25) is 9.59 Å². The molecule has 35 heavy (non-hydrogen) atoms. The Morgan fingerprint density at radius 3 is 2.69 bits per heavy atom. The summed E-state index contributed by atoms with van der Waals surface area (Å²) >= 11 is 1.40. The summed E-state index contributed by atoms with van der Waals surface area (Å²) < 4.78 is 36.7. The van der Waals surface area contributed by atoms with Crippen molar-refractivity contribution in [1.29, 1.82) is 0 Å². The van der Waals surface area contributed by atoms with Crippen LogP contribution in [-0.2, 0) is 24.3 Å². The summed E-state index contributed by atoms with van der Waals surface area (Å²) in [5, 5.41) is 5.17. The molecule has 13 heteroatoms. The maximum atomic E-state index is 13.5. The van der Waals surface area contributed by atoms with Crippen molar-refractivity contribution in [2.75, 3.05) is 38.6 Å². The second-order valence-electron chi connectivity index (χ2n) is 8.51. The van der Waals surface area contributed by atoms with E-state index in [0.29, 0.717) is 5.13 Å². The van der Waals surface area contributed by atoms with Crippen LogP contribution < -0.4 is 5.32 Å². The van der Waals surface area contributed by atoms with Crippen LogP contribution in [0.25, 0.3) is 0 Å². The zero-order chi connectivity index (χ0) is 25.0. The van der Waals surface area contributed by atoms with E-state index in [2.05, 4.69) is 15.0 Å². The van der Waals surface area contributed by atoms with Crippen LogP contribution in [0, 0.1) is 5.92 Å². The lowest BCUT2D eigenvalue weighted by Crippen LogP contribution is -2.59. The van der Waals surface area contributed by atoms with Gasteiger partial charge in [0.05, 0.1) is 13.7 Å². The molecule has 2 aromatic rings. The van der Waals surface area contributed by atoms with Gasteiger partial charge in [0.2, 0.25) is 16.8 Å². The Morgan fingerprint density at radius 1 is 1.26 bits per heavy atom. The largest absolute Gasteiger partial charge is 0.463 e. The minimum absolute atomic E-state index is 0.00592. The summed E-state index contributed by atoms with van der Waals surface area (Å²) in [6.07, 6.45) is 6.33. The number of sulfonamides is 1. The minimum atomic E-state index is -4.15. The number of ketones is 1. The zero-order valence-corrected chi connectivity index (χ0v) is 21.0. The first kappa shape index (κ1) is 25.3. The van der Waals surface area contributed by atoms with E-state index in [9.17, 15) is 22.8 Å². The number of ether oxygens (including phenoxy) is 1. The van der Waals surface area contributed by atoms with Gasteiger partial charge < -0.3 is 19.4 Å². The first-order valence-electron chi connectivity index (χ1n) is 11.5. The normalized spacial score (nSPS) is 18.9. The van der Waals surface area contributed by atoms with Crippen molar-refractivity contribution in [2.45, 2.75) is 43.2 Å². The van der Waals surface area contributed by atoms with Gasteiger partial charge in [-0.15, -0.1) is 11.3 Å². The number of hydrogen-bond acceptors (Lipinski definition) is 10. The van der Waals surface area contributed by atoms with Crippen LogP contribution in [0.1, 0.15) is 42.7 Å². The predicted molar refractivity (Wildman–Crippen MR) is 126 cm³/mol. The summed E-state index contributed by atoms with van der Waals surface area (Å²) in [5.41, 5.74) is 0. The first-order chi connectivity index (χ1) is 16.8. The number of carbonyl (C=O) groups excluding carboxylic acids is 3. The molecule has 11 nitrogen and oxygen atoms in total. The van der Waals surface area contributed by atoms with Gasteiger partial charge in [-0.1, -0.05) is 19.3 Å². The summed E-state index contributed by atoms with van der Waals surface area (Å²) in [4.78, 5) is 43.9. The minimum Gasteiger partial charge on any atom is -0.463 e. The lowest BCUT2D eigenvalue weighted by molar-refractivity contribution is -0.143. The van der Waals surface area contributed by atoms with E-state index >= 15 is 0 Å². The van der Waals surface area contributed by atoms with E-state index in [1.807, 2.05) is 5.38 Å². The average Bonchev–Trinajstić information content (AvgIpc) is 3.58. The molecule has 0 aromatic carbocycles. The van der Waals surface area contributed by atoms with Gasteiger partial charge in [-0.25, -0.2) is 18.2 Å². The average molecular weight is 525 g/mol. The van der Waals surface area contributed by atoms with Crippen molar-refractivity contribution in [3.8, 4) is 0 Å². The van der Waals surface area contributed by atoms with Crippen molar-refractivity contribution >= 4 is 44.2 Å². The molecule has 190 valence electrons. The molecular weight excluding hydrogens is 496 g/mol. The van der Waals surface area contributed by atoms with Crippen LogP contribution in [0.4, 0.5) is 5.13 Å². The van der Waals surface area contributed by atoms with Gasteiger partial charge in [0, 0.05) is 37.1 Å². The van der Waals surface area contributed by atoms with Crippen molar-refractivity contribution in [3.05, 3.63) is 29.5 Å². The van der Waals surface area contributed by atoms with Crippen LogP contribution in [0.15, 0.2) is 33.2 Å². The quantitative estimate of drug-likeness (QED) is 0.488. The maximum Gasteiger partial charge on any atom is 0.374 e. The van der Waals surface area contributed by atoms with Gasteiger partial charge in [-0.2, -0.15) is 4.31 Å². The number of rotatable bonds is 9. The highest BCUT2D eigenvalue weighted by atomic mass is 32.2. The molecule has 1 saturated carbocycles. The molecular formula is C22H28N4O7S2. The molecule has 2 fully saturated rings. The molecule has 1 saturated heterocycles. The van der Waals surface area contributed by atoms with Crippen LogP contribution in [0.5, 0.6) is 0 Å². The highest BCUT2D eigenvalue weighted by Crippen LogP contribution is 2.28. The fraction of sp³-hybridized carbons (Fsp3) is 0.545. The molecule has 1 atom stereocenters. The number of anilines is 1. The van der Waals surface area contributed by atoms with Gasteiger partial charge in [0.1, 0.15) is 6.04 Å². The number of aromatic nitrogens is 1. The van der Waals surface area contributed by atoms with E-state index in [4.69, 9.17) is 4.42 Å². The Hall–Kier alpha value is -2.77. The summed E-state index contributed by atoms with van der Waals surface area (Å²) in [7, 11) is -2.99. The van der Waals surface area contributed by atoms with Crippen LogP contribution in [0.2, 0.25) is 0 Å². The lowest BCUT2D eigenvalue weighted by atomic mass is 9.83. The number of amides is 1. The number of esters is 1. The maximum absolute atomic E-state index is 13.5. The molecule has 0 bridgehead atoms. The van der Waals surface area contributed by atoms with E-state index in [1.54, 1.807) is 6.20 Å². The van der Waals surface area contributed by atoms with Crippen molar-refractivity contribution in [1.82, 2.24) is 14.2 Å². The first-order valence-corrected chi connectivity index (χ1v) is 13.8. The molecule has 2 aliphatic rings. The predicted octanol–water partition coefficient (Wildman–Crippen LogP) is 1.99. The smallest absolute Gasteiger partial charge is 0.374 e. The molecule has 0 radical (unpaired) electrons. The van der Waals surface area contributed by atoms with E-state index in [1.165, 1.54) is 22.3 Å². The van der Waals surface area contributed by atoms with Crippen LogP contribution >= 0.6 is 11.3 Å². The standard InChI is InChI=1S/C22H28N4O7S2/c1-32-21(29)17-7-8-19(33-17)35(30,31)25-10-11-26(18(27)14-25)16(13-24-22-23-9-12-34-22)20(28)15-5-3-2-4-6-15/h7-9,12,15-16H,2-6,10-11,13-14H2,1H3,(H,23,24). The Bertz CT molecular complexity index is 1160. The third-order valence-electron chi connectivity index (χ3n) is 6.38. The second-order valence-corrected chi connectivity index (χ2v) is 11.3. The molecule has 1 amide bonds. The molecule has 1 unspecified atom stereocenters. The molecule has 1 aliphatic carbocycles. The monoisotopic (exact) mass is 524 g/mol. The third kappa shape index (κ3) is 5.57. The summed E-state index contributed by atoms with van der Waals surface area (Å²) in [5.74, 6) is -1.62. The van der Waals surface area contributed by atoms with Gasteiger partial charge in [0.25, 0.3) is 10.0 Å². The Morgan fingerprint density at radius 2 is 2.03 bits per heavy atom. The molecule has 4 rings (SSSR count). The number of carbonyl (C=O) groups is 3. The number of nitrogens with zero attached hydrogens (tertiary/aromatic N) is 3. The number of furan rings is 1. The third-order valence-corrected chi connectivity index (χ3v) is 8.83. The Balaban J connectivity index is 1.49. The van der Waals surface area contributed by atoms with E-state index in [-0.39, 0.29) is 37.1 Å². The van der Waals surface area contributed by atoms with E-state index < -0.39 is 39.6 Å². The van der Waals surface area contributed by atoms with Gasteiger partial charge >= 0.3 is 5.97 Å². The van der Waals surface area contributed by atoms with E-state index in [0.717, 1.165) is 49.6 Å². The number of methoxy groups -OCH3 is 1. The second kappa shape index (κ2) is 10.9. The molecule has 1 aliphatic heterocycles. The van der Waals surface area contributed by atoms with Gasteiger partial charge in [-0.05, 0) is 25.0 Å². The topological polar surface area (TPSA) is 139 Å². The van der Waals surface area contributed by atoms with Crippen molar-refractivity contribution in [2.24, 2.45) is 5.92 Å². The zero-order valence-electron chi connectivity index (χ0n) is 19.3. The summed E-state index contributed by atoms with van der Waals surface area (Å²) in [6, 6.07) is 1.65. The Kier molecular flexibility index (Phi) is 7.87. The van der Waals surface area contributed by atoms with Crippen LogP contribution in [0.3, 0.4) is 0 Å².